The Morgan fingerprint density at radius 2 is 1.90 bits per heavy atom. The molecule has 5 heteroatoms. The Hall–Kier alpha value is -2.40. The van der Waals surface area contributed by atoms with Crippen molar-refractivity contribution >= 4 is 5.91 Å². The van der Waals surface area contributed by atoms with Crippen LogP contribution in [0.15, 0.2) is 42.5 Å². The lowest BCUT2D eigenvalue weighted by molar-refractivity contribution is -0.130. The summed E-state index contributed by atoms with van der Waals surface area (Å²) in [6, 6.07) is 15.6. The smallest absolute Gasteiger partial charge is 0.219 e. The van der Waals surface area contributed by atoms with Gasteiger partial charge >= 0.3 is 0 Å². The third-order valence-corrected chi connectivity index (χ3v) is 6.36. The molecule has 0 radical (unpaired) electrons. The number of likely N-dealkylation sites (tertiary alicyclic amines) is 2. The number of piperidine rings is 1. The van der Waals surface area contributed by atoms with E-state index in [1.807, 2.05) is 17.0 Å². The van der Waals surface area contributed by atoms with Crippen molar-refractivity contribution in [2.24, 2.45) is 0 Å². The van der Waals surface area contributed by atoms with Crippen molar-refractivity contribution < 1.29 is 9.53 Å². The normalized spacial score (nSPS) is 20.8. The first kappa shape index (κ1) is 19.9. The zero-order chi connectivity index (χ0) is 20.2. The number of amides is 1. The van der Waals surface area contributed by atoms with E-state index < -0.39 is 0 Å². The quantitative estimate of drug-likeness (QED) is 0.775. The first-order chi connectivity index (χ1) is 14.1. The summed E-state index contributed by atoms with van der Waals surface area (Å²) in [5.74, 6) is 1.09. The molecule has 0 N–H and O–H groups in total. The van der Waals surface area contributed by atoms with Crippen LogP contribution in [0, 0.1) is 0 Å². The molecule has 0 spiro atoms. The van der Waals surface area contributed by atoms with E-state index in [4.69, 9.17) is 9.72 Å². The van der Waals surface area contributed by atoms with Gasteiger partial charge in [0.05, 0.1) is 18.8 Å². The van der Waals surface area contributed by atoms with Crippen molar-refractivity contribution in [1.82, 2.24) is 14.8 Å². The van der Waals surface area contributed by atoms with Gasteiger partial charge in [0.1, 0.15) is 5.75 Å². The molecule has 2 aliphatic rings. The van der Waals surface area contributed by atoms with E-state index in [0.717, 1.165) is 50.3 Å². The van der Waals surface area contributed by atoms with Gasteiger partial charge in [-0.05, 0) is 62.1 Å². The fraction of sp³-hybridized carbons (Fsp3) is 0.500. The molecule has 1 amide bonds. The van der Waals surface area contributed by atoms with Crippen molar-refractivity contribution in [2.45, 2.75) is 51.1 Å². The minimum absolute atomic E-state index is 0.202. The van der Waals surface area contributed by atoms with Gasteiger partial charge in [0.2, 0.25) is 5.91 Å². The number of carbonyl (C=O) groups excluding carboxylic acids is 1. The second-order valence-electron chi connectivity index (χ2n) is 8.22. The van der Waals surface area contributed by atoms with Crippen LogP contribution >= 0.6 is 0 Å². The predicted octanol–water partition coefficient (Wildman–Crippen LogP) is 3.83. The molecule has 2 saturated heterocycles. The number of aromatic nitrogens is 1. The Morgan fingerprint density at radius 1 is 1.10 bits per heavy atom. The monoisotopic (exact) mass is 393 g/mol. The Morgan fingerprint density at radius 3 is 2.66 bits per heavy atom. The molecule has 1 aromatic heterocycles. The van der Waals surface area contributed by atoms with Gasteiger partial charge in [-0.1, -0.05) is 18.2 Å². The Labute approximate surface area is 173 Å². The maximum Gasteiger partial charge on any atom is 0.219 e. The standard InChI is InChI=1S/C24H31N3O2/c1-18(28)26-14-11-21(12-15-26)27-13-5-10-24(27)23-9-4-7-20(25-23)16-19-6-3-8-22(17-19)29-2/h3-4,6-9,17,21,24H,5,10-16H2,1-2H3/t24-/m1/s1. The average Bonchev–Trinajstić information content (AvgIpc) is 3.24. The Balaban J connectivity index is 1.46. The van der Waals surface area contributed by atoms with Crippen LogP contribution in [0.2, 0.25) is 0 Å². The maximum atomic E-state index is 11.6. The van der Waals surface area contributed by atoms with Crippen molar-refractivity contribution in [3.05, 3.63) is 59.4 Å². The molecule has 2 fully saturated rings. The van der Waals surface area contributed by atoms with E-state index >= 15 is 0 Å². The summed E-state index contributed by atoms with van der Waals surface area (Å²) < 4.78 is 5.35. The number of nitrogens with zero attached hydrogens (tertiary/aromatic N) is 3. The number of rotatable bonds is 5. The molecule has 29 heavy (non-hydrogen) atoms. The SMILES string of the molecule is COc1cccc(Cc2cccc([C@H]3CCCN3C3CCN(C(C)=O)CC3)n2)c1. The Bertz CT molecular complexity index is 846. The minimum atomic E-state index is 0.202. The van der Waals surface area contributed by atoms with Gasteiger partial charge in [-0.25, -0.2) is 0 Å². The highest BCUT2D eigenvalue weighted by Crippen LogP contribution is 2.35. The lowest BCUT2D eigenvalue weighted by Crippen LogP contribution is -2.46. The van der Waals surface area contributed by atoms with Crippen molar-refractivity contribution in [3.8, 4) is 5.75 Å². The summed E-state index contributed by atoms with van der Waals surface area (Å²) in [5.41, 5.74) is 3.51. The first-order valence-electron chi connectivity index (χ1n) is 10.7. The minimum Gasteiger partial charge on any atom is -0.497 e. The van der Waals surface area contributed by atoms with Gasteiger partial charge in [-0.2, -0.15) is 0 Å². The number of ether oxygens (including phenoxy) is 1. The fourth-order valence-electron chi connectivity index (χ4n) is 4.83. The molecule has 2 aromatic rings. The van der Waals surface area contributed by atoms with Crippen LogP contribution in [-0.4, -0.2) is 53.5 Å². The third-order valence-electron chi connectivity index (χ3n) is 6.36. The largest absolute Gasteiger partial charge is 0.497 e. The molecular weight excluding hydrogens is 362 g/mol. The van der Waals surface area contributed by atoms with E-state index in [1.54, 1.807) is 14.0 Å². The summed E-state index contributed by atoms with van der Waals surface area (Å²) in [6.07, 6.45) is 5.34. The Kier molecular flexibility index (Phi) is 6.14. The third kappa shape index (κ3) is 4.61. The topological polar surface area (TPSA) is 45.7 Å². The molecule has 0 unspecified atom stereocenters. The number of hydrogen-bond donors (Lipinski definition) is 0. The second kappa shape index (κ2) is 8.95. The van der Waals surface area contributed by atoms with E-state index in [9.17, 15) is 4.79 Å². The molecule has 0 bridgehead atoms. The highest BCUT2D eigenvalue weighted by atomic mass is 16.5. The van der Waals surface area contributed by atoms with Gasteiger partial charge in [-0.3, -0.25) is 14.7 Å². The molecule has 0 aliphatic carbocycles. The lowest BCUT2D eigenvalue weighted by atomic mass is 10.0. The van der Waals surface area contributed by atoms with Crippen LogP contribution in [-0.2, 0) is 11.2 Å². The predicted molar refractivity (Wildman–Crippen MR) is 114 cm³/mol. The van der Waals surface area contributed by atoms with Crippen LogP contribution < -0.4 is 4.74 Å². The van der Waals surface area contributed by atoms with Gasteiger partial charge in [0.15, 0.2) is 0 Å². The van der Waals surface area contributed by atoms with E-state index in [-0.39, 0.29) is 5.91 Å². The van der Waals surface area contributed by atoms with Crippen molar-refractivity contribution in [1.29, 1.82) is 0 Å². The highest BCUT2D eigenvalue weighted by Gasteiger charge is 2.34. The highest BCUT2D eigenvalue weighted by molar-refractivity contribution is 5.73. The summed E-state index contributed by atoms with van der Waals surface area (Å²) in [7, 11) is 1.70. The molecular formula is C24H31N3O2. The second-order valence-corrected chi connectivity index (χ2v) is 8.22. The van der Waals surface area contributed by atoms with Crippen molar-refractivity contribution in [3.63, 3.8) is 0 Å². The van der Waals surface area contributed by atoms with Crippen molar-refractivity contribution in [2.75, 3.05) is 26.7 Å². The molecule has 4 rings (SSSR count). The molecule has 1 atom stereocenters. The number of benzene rings is 1. The summed E-state index contributed by atoms with van der Waals surface area (Å²) >= 11 is 0. The van der Waals surface area contributed by atoms with E-state index in [0.29, 0.717) is 12.1 Å². The zero-order valence-electron chi connectivity index (χ0n) is 17.5. The van der Waals surface area contributed by atoms with E-state index in [1.165, 1.54) is 24.1 Å². The van der Waals surface area contributed by atoms with Gasteiger partial charge in [0.25, 0.3) is 0 Å². The molecule has 3 heterocycles. The van der Waals surface area contributed by atoms with Crippen LogP contribution in [0.25, 0.3) is 0 Å². The number of hydrogen-bond acceptors (Lipinski definition) is 4. The molecule has 5 nitrogen and oxygen atoms in total. The van der Waals surface area contributed by atoms with Crippen LogP contribution in [0.4, 0.5) is 0 Å². The first-order valence-corrected chi connectivity index (χ1v) is 10.7. The molecule has 1 aromatic carbocycles. The lowest BCUT2D eigenvalue weighted by Gasteiger charge is -2.39. The van der Waals surface area contributed by atoms with Gasteiger partial charge in [0, 0.05) is 38.2 Å². The molecule has 154 valence electrons. The number of pyridine rings is 1. The fourth-order valence-corrected chi connectivity index (χ4v) is 4.83. The maximum absolute atomic E-state index is 11.6. The van der Waals surface area contributed by atoms with Crippen LogP contribution in [0.1, 0.15) is 55.6 Å². The molecule has 2 aliphatic heterocycles. The molecule has 0 saturated carbocycles. The van der Waals surface area contributed by atoms with E-state index in [2.05, 4.69) is 35.2 Å². The average molecular weight is 394 g/mol. The van der Waals surface area contributed by atoms with Crippen LogP contribution in [0.3, 0.4) is 0 Å². The van der Waals surface area contributed by atoms with Crippen LogP contribution in [0.5, 0.6) is 5.75 Å². The number of carbonyl (C=O) groups is 1. The van der Waals surface area contributed by atoms with Gasteiger partial charge in [-0.15, -0.1) is 0 Å². The summed E-state index contributed by atoms with van der Waals surface area (Å²) in [5, 5.41) is 0. The summed E-state index contributed by atoms with van der Waals surface area (Å²) in [6.45, 7) is 4.58. The van der Waals surface area contributed by atoms with Gasteiger partial charge < -0.3 is 9.64 Å². The number of methoxy groups -OCH3 is 1. The summed E-state index contributed by atoms with van der Waals surface area (Å²) in [4.78, 5) is 21.3. The zero-order valence-corrected chi connectivity index (χ0v) is 17.5.